The fourth-order valence-electron chi connectivity index (χ4n) is 3.26. The molecule has 2 aromatic rings. The minimum Gasteiger partial charge on any atom is -0.340 e. The molecule has 3 atom stereocenters. The number of amides is 2. The van der Waals surface area contributed by atoms with Gasteiger partial charge in [-0.05, 0) is 33.8 Å². The maximum atomic E-state index is 12.7. The number of carbonyl (C=O) groups excluding carboxylic acids is 2. The Morgan fingerprint density at radius 3 is 2.77 bits per heavy atom. The van der Waals surface area contributed by atoms with Gasteiger partial charge in [-0.15, -0.1) is 23.7 Å². The van der Waals surface area contributed by atoms with Gasteiger partial charge in [0.15, 0.2) is 0 Å². The van der Waals surface area contributed by atoms with Crippen LogP contribution in [0.1, 0.15) is 36.1 Å². The molecule has 3 unspecified atom stereocenters. The molecule has 2 aromatic heterocycles. The van der Waals surface area contributed by atoms with Gasteiger partial charge in [0, 0.05) is 37.6 Å². The van der Waals surface area contributed by atoms with Crippen LogP contribution in [0.5, 0.6) is 0 Å². The van der Waals surface area contributed by atoms with Crippen LogP contribution in [0.4, 0.5) is 0 Å². The molecule has 3 rings (SSSR count). The van der Waals surface area contributed by atoms with Crippen LogP contribution in [-0.2, 0) is 11.8 Å². The molecule has 1 aliphatic rings. The Balaban J connectivity index is 0.00000243. The molecule has 26 heavy (non-hydrogen) atoms. The van der Waals surface area contributed by atoms with Crippen molar-refractivity contribution in [3.8, 4) is 0 Å². The second kappa shape index (κ2) is 7.94. The Hall–Kier alpha value is -1.64. The number of aryl methyl sites for hydroxylation is 2. The molecule has 1 saturated heterocycles. The third-order valence-corrected chi connectivity index (χ3v) is 6.16. The Labute approximate surface area is 163 Å². The lowest BCUT2D eigenvalue weighted by Crippen LogP contribution is -2.60. The summed E-state index contributed by atoms with van der Waals surface area (Å²) in [4.78, 5) is 28.7. The van der Waals surface area contributed by atoms with E-state index < -0.39 is 6.04 Å². The first-order valence-corrected chi connectivity index (χ1v) is 9.39. The van der Waals surface area contributed by atoms with E-state index in [1.165, 1.54) is 11.3 Å². The van der Waals surface area contributed by atoms with Gasteiger partial charge >= 0.3 is 0 Å². The topological polar surface area (TPSA) is 79.3 Å². The molecule has 9 heteroatoms. The van der Waals surface area contributed by atoms with E-state index in [0.29, 0.717) is 11.4 Å². The van der Waals surface area contributed by atoms with Crippen LogP contribution < -0.4 is 10.6 Å². The molecule has 0 aromatic carbocycles. The molecule has 0 radical (unpaired) electrons. The number of rotatable bonds is 3. The van der Waals surface area contributed by atoms with E-state index in [1.807, 2.05) is 31.9 Å². The largest absolute Gasteiger partial charge is 0.340 e. The summed E-state index contributed by atoms with van der Waals surface area (Å²) in [7, 11) is 1.87. The van der Waals surface area contributed by atoms with Crippen LogP contribution >= 0.6 is 23.7 Å². The molecule has 0 saturated carbocycles. The van der Waals surface area contributed by atoms with Crippen molar-refractivity contribution < 1.29 is 9.59 Å². The van der Waals surface area contributed by atoms with Gasteiger partial charge in [-0.1, -0.05) is 0 Å². The highest BCUT2D eigenvalue weighted by atomic mass is 35.5. The average molecular weight is 400 g/mol. The van der Waals surface area contributed by atoms with Gasteiger partial charge in [-0.25, -0.2) is 0 Å². The molecular weight excluding hydrogens is 374 g/mol. The molecule has 2 amide bonds. The standard InChI is InChI=1S/C17H25N5O2S.ClH/c1-9-12(4)22(7-6-18-9)16(24)11(3)19-15(23)14-8-13-10(2)20-21(5)17(13)25-14;/h8-9,11-12,18H,6-7H2,1-5H3,(H,19,23);1H. The second-order valence-electron chi connectivity index (χ2n) is 6.75. The van der Waals surface area contributed by atoms with Crippen LogP contribution in [0.25, 0.3) is 10.2 Å². The number of piperazine rings is 1. The van der Waals surface area contributed by atoms with Gasteiger partial charge in [0.2, 0.25) is 5.91 Å². The minimum atomic E-state index is -0.551. The number of hydrogen-bond donors (Lipinski definition) is 2. The van der Waals surface area contributed by atoms with E-state index in [-0.39, 0.29) is 36.3 Å². The Morgan fingerprint density at radius 2 is 2.12 bits per heavy atom. The highest BCUT2D eigenvalue weighted by molar-refractivity contribution is 7.20. The van der Waals surface area contributed by atoms with Gasteiger partial charge < -0.3 is 15.5 Å². The monoisotopic (exact) mass is 399 g/mol. The number of aromatic nitrogens is 2. The highest BCUT2D eigenvalue weighted by Gasteiger charge is 2.31. The fourth-order valence-corrected chi connectivity index (χ4v) is 4.29. The van der Waals surface area contributed by atoms with Crippen molar-refractivity contribution in [2.45, 2.75) is 45.8 Å². The second-order valence-corrected chi connectivity index (χ2v) is 7.78. The molecule has 1 fully saturated rings. The first-order chi connectivity index (χ1) is 11.8. The van der Waals surface area contributed by atoms with Crippen molar-refractivity contribution in [2.24, 2.45) is 7.05 Å². The lowest BCUT2D eigenvalue weighted by atomic mass is 10.1. The summed E-state index contributed by atoms with van der Waals surface area (Å²) in [5, 5.41) is 11.5. The summed E-state index contributed by atoms with van der Waals surface area (Å²) < 4.78 is 1.78. The average Bonchev–Trinajstić information content (AvgIpc) is 3.11. The van der Waals surface area contributed by atoms with Crippen molar-refractivity contribution >= 4 is 45.8 Å². The zero-order valence-electron chi connectivity index (χ0n) is 15.7. The molecule has 7 nitrogen and oxygen atoms in total. The maximum absolute atomic E-state index is 12.7. The van der Waals surface area contributed by atoms with Crippen LogP contribution in [0, 0.1) is 6.92 Å². The Kier molecular flexibility index (Phi) is 6.31. The van der Waals surface area contributed by atoms with E-state index in [9.17, 15) is 9.59 Å². The molecule has 3 heterocycles. The van der Waals surface area contributed by atoms with Gasteiger partial charge in [0.1, 0.15) is 10.9 Å². The van der Waals surface area contributed by atoms with Gasteiger partial charge in [-0.2, -0.15) is 5.10 Å². The lowest BCUT2D eigenvalue weighted by Gasteiger charge is -2.39. The molecule has 0 aliphatic carbocycles. The number of hydrogen-bond acceptors (Lipinski definition) is 5. The number of carbonyl (C=O) groups is 2. The summed E-state index contributed by atoms with van der Waals surface area (Å²) in [5.41, 5.74) is 0.903. The van der Waals surface area contributed by atoms with E-state index in [1.54, 1.807) is 11.6 Å². The number of nitrogens with one attached hydrogen (secondary N) is 2. The summed E-state index contributed by atoms with van der Waals surface area (Å²) >= 11 is 1.40. The minimum absolute atomic E-state index is 0. The summed E-state index contributed by atoms with van der Waals surface area (Å²) in [6, 6.07) is 1.66. The zero-order chi connectivity index (χ0) is 18.3. The predicted octanol–water partition coefficient (Wildman–Crippen LogP) is 1.69. The lowest BCUT2D eigenvalue weighted by molar-refractivity contribution is -0.136. The van der Waals surface area contributed by atoms with Crippen LogP contribution in [0.2, 0.25) is 0 Å². The molecule has 1 aliphatic heterocycles. The molecule has 144 valence electrons. The highest BCUT2D eigenvalue weighted by Crippen LogP contribution is 2.27. The molecular formula is C17H26ClN5O2S. The van der Waals surface area contributed by atoms with Crippen molar-refractivity contribution in [3.05, 3.63) is 16.6 Å². The summed E-state index contributed by atoms with van der Waals surface area (Å²) in [5.74, 6) is -0.245. The van der Waals surface area contributed by atoms with Crippen molar-refractivity contribution in [3.63, 3.8) is 0 Å². The summed E-state index contributed by atoms with van der Waals surface area (Å²) in [6.07, 6.45) is 0. The fraction of sp³-hybridized carbons (Fsp3) is 0.588. The van der Waals surface area contributed by atoms with Crippen LogP contribution in [-0.4, -0.2) is 57.7 Å². The van der Waals surface area contributed by atoms with Crippen molar-refractivity contribution in [2.75, 3.05) is 13.1 Å². The third kappa shape index (κ3) is 3.72. The maximum Gasteiger partial charge on any atom is 0.262 e. The van der Waals surface area contributed by atoms with Crippen molar-refractivity contribution in [1.29, 1.82) is 0 Å². The van der Waals surface area contributed by atoms with Crippen LogP contribution in [0.15, 0.2) is 6.07 Å². The Morgan fingerprint density at radius 1 is 1.42 bits per heavy atom. The third-order valence-electron chi connectivity index (χ3n) is 4.96. The van der Waals surface area contributed by atoms with Gasteiger partial charge in [0.25, 0.3) is 5.91 Å². The number of nitrogens with zero attached hydrogens (tertiary/aromatic N) is 3. The first kappa shape index (κ1) is 20.7. The summed E-state index contributed by atoms with van der Waals surface area (Å²) in [6.45, 7) is 9.22. The van der Waals surface area contributed by atoms with Gasteiger partial charge in [-0.3, -0.25) is 14.3 Å². The smallest absolute Gasteiger partial charge is 0.262 e. The number of thiophene rings is 1. The number of fused-ring (bicyclic) bond motifs is 1. The number of halogens is 1. The quantitative estimate of drug-likeness (QED) is 0.823. The molecule has 0 bridgehead atoms. The van der Waals surface area contributed by atoms with E-state index in [0.717, 1.165) is 22.5 Å². The van der Waals surface area contributed by atoms with Crippen LogP contribution in [0.3, 0.4) is 0 Å². The first-order valence-electron chi connectivity index (χ1n) is 8.57. The van der Waals surface area contributed by atoms with E-state index in [2.05, 4.69) is 22.7 Å². The predicted molar refractivity (Wildman–Crippen MR) is 106 cm³/mol. The van der Waals surface area contributed by atoms with Gasteiger partial charge in [0.05, 0.1) is 10.6 Å². The van der Waals surface area contributed by atoms with Crippen molar-refractivity contribution in [1.82, 2.24) is 25.3 Å². The molecule has 0 spiro atoms. The zero-order valence-corrected chi connectivity index (χ0v) is 17.3. The normalized spacial score (nSPS) is 21.3. The van der Waals surface area contributed by atoms with E-state index >= 15 is 0 Å². The molecule has 2 N–H and O–H groups in total. The Bertz CT molecular complexity index is 783. The van der Waals surface area contributed by atoms with E-state index in [4.69, 9.17) is 0 Å². The SMILES string of the molecule is Cc1nn(C)c2sc(C(=O)NC(C)C(=O)N3CCNC(C)C3C)cc12.Cl.